The Morgan fingerprint density at radius 3 is 2.61 bits per heavy atom. The van der Waals surface area contributed by atoms with Crippen molar-refractivity contribution in [3.63, 3.8) is 0 Å². The molecule has 1 rings (SSSR count). The summed E-state index contributed by atoms with van der Waals surface area (Å²) in [6.45, 7) is 1.57. The number of likely N-dealkylation sites (tertiary alicyclic amines) is 1. The molecule has 0 radical (unpaired) electrons. The molecule has 0 saturated carbocycles. The van der Waals surface area contributed by atoms with E-state index in [9.17, 15) is 19.2 Å². The lowest BCUT2D eigenvalue weighted by Crippen LogP contribution is -2.33. The van der Waals surface area contributed by atoms with Gasteiger partial charge in [-0.3, -0.25) is 24.1 Å². The van der Waals surface area contributed by atoms with E-state index in [1.54, 1.807) is 0 Å². The van der Waals surface area contributed by atoms with Gasteiger partial charge in [-0.1, -0.05) is 0 Å². The molecule has 3 amide bonds. The molecule has 2 N–H and O–H groups in total. The molecule has 7 heteroatoms. The first-order chi connectivity index (χ1) is 8.41. The van der Waals surface area contributed by atoms with Crippen molar-refractivity contribution >= 4 is 35.3 Å². The Balaban J connectivity index is 2.45. The summed E-state index contributed by atoms with van der Waals surface area (Å²) in [6.07, 6.45) is 0.520. The summed E-state index contributed by atoms with van der Waals surface area (Å²) in [4.78, 5) is 46.0. The molecule has 1 aliphatic heterocycles. The van der Waals surface area contributed by atoms with Gasteiger partial charge in [-0.2, -0.15) is 0 Å². The second-order valence-corrected chi connectivity index (χ2v) is 5.43. The van der Waals surface area contributed by atoms with Crippen LogP contribution in [0.4, 0.5) is 0 Å². The zero-order valence-electron chi connectivity index (χ0n) is 10.2. The molecule has 1 heterocycles. The van der Waals surface area contributed by atoms with Gasteiger partial charge in [-0.25, -0.2) is 0 Å². The summed E-state index contributed by atoms with van der Waals surface area (Å²) in [6, 6.07) is 0. The van der Waals surface area contributed by atoms with Crippen LogP contribution >= 0.6 is 11.8 Å². The minimum Gasteiger partial charge on any atom is -0.370 e. The quantitative estimate of drug-likeness (QED) is 0.642. The highest BCUT2D eigenvalue weighted by molar-refractivity contribution is 8.00. The topological polar surface area (TPSA) is 97.5 Å². The van der Waals surface area contributed by atoms with Crippen molar-refractivity contribution in [2.45, 2.75) is 31.4 Å². The van der Waals surface area contributed by atoms with E-state index < -0.39 is 11.2 Å². The number of nitrogens with zero attached hydrogens (tertiary/aromatic N) is 1. The van der Waals surface area contributed by atoms with Crippen LogP contribution < -0.4 is 5.73 Å². The SMILES string of the molecule is CC(=O)CCN1C(=O)CC(SCCC(N)=O)C1=O. The molecule has 0 spiro atoms. The van der Waals surface area contributed by atoms with E-state index in [-0.39, 0.29) is 43.4 Å². The van der Waals surface area contributed by atoms with E-state index in [4.69, 9.17) is 5.73 Å². The molecule has 1 saturated heterocycles. The molecule has 1 unspecified atom stereocenters. The van der Waals surface area contributed by atoms with Crippen LogP contribution in [0, 0.1) is 0 Å². The van der Waals surface area contributed by atoms with Crippen LogP contribution in [0.5, 0.6) is 0 Å². The predicted molar refractivity (Wildman–Crippen MR) is 66.7 cm³/mol. The number of hydrogen-bond donors (Lipinski definition) is 1. The Kier molecular flexibility index (Phi) is 5.33. The molecule has 1 fully saturated rings. The van der Waals surface area contributed by atoms with Gasteiger partial charge in [-0.15, -0.1) is 11.8 Å². The number of thioether (sulfide) groups is 1. The van der Waals surface area contributed by atoms with Gasteiger partial charge in [0, 0.05) is 31.6 Å². The summed E-state index contributed by atoms with van der Waals surface area (Å²) in [5.41, 5.74) is 5.00. The van der Waals surface area contributed by atoms with Crippen molar-refractivity contribution < 1.29 is 19.2 Å². The first-order valence-electron chi connectivity index (χ1n) is 5.65. The minimum absolute atomic E-state index is 0.0552. The second kappa shape index (κ2) is 6.53. The maximum atomic E-state index is 11.9. The third-order valence-corrected chi connectivity index (χ3v) is 3.77. The molecule has 18 heavy (non-hydrogen) atoms. The molecule has 0 aromatic heterocycles. The van der Waals surface area contributed by atoms with Crippen molar-refractivity contribution in [1.82, 2.24) is 4.90 Å². The molecule has 0 aromatic rings. The van der Waals surface area contributed by atoms with Crippen molar-refractivity contribution in [1.29, 1.82) is 0 Å². The first-order valence-corrected chi connectivity index (χ1v) is 6.70. The Bertz CT molecular complexity index is 383. The van der Waals surface area contributed by atoms with Gasteiger partial charge in [0.15, 0.2) is 0 Å². The van der Waals surface area contributed by atoms with E-state index in [2.05, 4.69) is 0 Å². The normalized spacial score (nSPS) is 19.4. The van der Waals surface area contributed by atoms with Gasteiger partial charge in [0.25, 0.3) is 0 Å². The molecule has 6 nitrogen and oxygen atoms in total. The molecular weight excluding hydrogens is 256 g/mol. The van der Waals surface area contributed by atoms with Gasteiger partial charge in [-0.05, 0) is 6.92 Å². The van der Waals surface area contributed by atoms with Crippen molar-refractivity contribution in [3.8, 4) is 0 Å². The van der Waals surface area contributed by atoms with Gasteiger partial charge in [0.2, 0.25) is 17.7 Å². The molecule has 100 valence electrons. The summed E-state index contributed by atoms with van der Waals surface area (Å²) in [5.74, 6) is -0.568. The standard InChI is InChI=1S/C11H16N2O4S/c1-7(14)2-4-13-10(16)6-8(11(13)17)18-5-3-9(12)15/h8H,2-6H2,1H3,(H2,12,15). The van der Waals surface area contributed by atoms with E-state index >= 15 is 0 Å². The van der Waals surface area contributed by atoms with Crippen LogP contribution in [0.1, 0.15) is 26.2 Å². The smallest absolute Gasteiger partial charge is 0.242 e. The van der Waals surface area contributed by atoms with Crippen molar-refractivity contribution in [3.05, 3.63) is 0 Å². The maximum absolute atomic E-state index is 11.9. The largest absolute Gasteiger partial charge is 0.370 e. The number of ketones is 1. The van der Waals surface area contributed by atoms with Gasteiger partial charge in [0.1, 0.15) is 5.78 Å². The average Bonchev–Trinajstić information content (AvgIpc) is 2.51. The number of amides is 3. The third-order valence-electron chi connectivity index (χ3n) is 2.56. The summed E-state index contributed by atoms with van der Waals surface area (Å²) in [5, 5.41) is -0.441. The number of rotatable bonds is 7. The summed E-state index contributed by atoms with van der Waals surface area (Å²) in [7, 11) is 0. The van der Waals surface area contributed by atoms with E-state index in [0.717, 1.165) is 4.90 Å². The highest BCUT2D eigenvalue weighted by Crippen LogP contribution is 2.25. The van der Waals surface area contributed by atoms with Crippen molar-refractivity contribution in [2.24, 2.45) is 5.73 Å². The van der Waals surface area contributed by atoms with Crippen LogP contribution in [0.2, 0.25) is 0 Å². The third kappa shape index (κ3) is 4.14. The molecule has 0 bridgehead atoms. The summed E-state index contributed by atoms with van der Waals surface area (Å²) < 4.78 is 0. The lowest BCUT2D eigenvalue weighted by atomic mass is 10.3. The number of Topliss-reactive ketones (excluding diaryl/α,β-unsaturated/α-hetero) is 1. The lowest BCUT2D eigenvalue weighted by Gasteiger charge is -2.13. The number of imide groups is 1. The fraction of sp³-hybridized carbons (Fsp3) is 0.636. The average molecular weight is 272 g/mol. The monoisotopic (exact) mass is 272 g/mol. The Hall–Kier alpha value is -1.37. The zero-order chi connectivity index (χ0) is 13.7. The van der Waals surface area contributed by atoms with E-state index in [0.29, 0.717) is 5.75 Å². The van der Waals surface area contributed by atoms with E-state index in [1.807, 2.05) is 0 Å². The number of hydrogen-bond acceptors (Lipinski definition) is 5. The Morgan fingerprint density at radius 2 is 2.06 bits per heavy atom. The fourth-order valence-corrected chi connectivity index (χ4v) is 2.72. The zero-order valence-corrected chi connectivity index (χ0v) is 11.0. The van der Waals surface area contributed by atoms with E-state index in [1.165, 1.54) is 18.7 Å². The lowest BCUT2D eigenvalue weighted by molar-refractivity contribution is -0.138. The van der Waals surface area contributed by atoms with Crippen LogP contribution in [0.25, 0.3) is 0 Å². The fourth-order valence-electron chi connectivity index (χ4n) is 1.59. The predicted octanol–water partition coefficient (Wildman–Crippen LogP) is -0.298. The number of primary amides is 1. The van der Waals surface area contributed by atoms with Crippen molar-refractivity contribution in [2.75, 3.05) is 12.3 Å². The molecular formula is C11H16N2O4S. The first kappa shape index (κ1) is 14.7. The van der Waals surface area contributed by atoms with Gasteiger partial charge < -0.3 is 5.73 Å². The maximum Gasteiger partial charge on any atom is 0.242 e. The number of nitrogens with two attached hydrogens (primary N) is 1. The Labute approximate surface area is 109 Å². The van der Waals surface area contributed by atoms with Crippen LogP contribution in [0.3, 0.4) is 0 Å². The van der Waals surface area contributed by atoms with Gasteiger partial charge >= 0.3 is 0 Å². The highest BCUT2D eigenvalue weighted by Gasteiger charge is 2.38. The molecule has 0 aliphatic carbocycles. The van der Waals surface area contributed by atoms with Crippen LogP contribution in [0.15, 0.2) is 0 Å². The molecule has 0 aromatic carbocycles. The Morgan fingerprint density at radius 1 is 1.39 bits per heavy atom. The number of carbonyl (C=O) groups excluding carboxylic acids is 4. The second-order valence-electron chi connectivity index (χ2n) is 4.12. The highest BCUT2D eigenvalue weighted by atomic mass is 32.2. The number of carbonyl (C=O) groups is 4. The molecule has 1 atom stereocenters. The van der Waals surface area contributed by atoms with Crippen LogP contribution in [-0.4, -0.2) is 46.0 Å². The van der Waals surface area contributed by atoms with Crippen LogP contribution in [-0.2, 0) is 19.2 Å². The minimum atomic E-state index is -0.441. The van der Waals surface area contributed by atoms with Gasteiger partial charge in [0.05, 0.1) is 5.25 Å². The summed E-state index contributed by atoms with van der Waals surface area (Å²) >= 11 is 1.26. The molecule has 1 aliphatic rings.